The quantitative estimate of drug-likeness (QED) is 0.0220. The molecule has 0 aromatic carbocycles. The highest BCUT2D eigenvalue weighted by Gasteiger charge is 2.52. The van der Waals surface area contributed by atoms with Crippen LogP contribution in [0.15, 0.2) is 12.2 Å². The van der Waals surface area contributed by atoms with Gasteiger partial charge in [-0.15, -0.1) is 0 Å². The van der Waals surface area contributed by atoms with Crippen LogP contribution in [0.1, 0.15) is 285 Å². The summed E-state index contributed by atoms with van der Waals surface area (Å²) in [5.74, 6) is -1.64. The molecular formula is C66H122N2O19P2-4. The van der Waals surface area contributed by atoms with E-state index in [1.165, 1.54) is 58.5 Å². The first kappa shape index (κ1) is 83.3. The van der Waals surface area contributed by atoms with Crippen molar-refractivity contribution in [1.82, 2.24) is 10.6 Å². The van der Waals surface area contributed by atoms with E-state index in [1.807, 2.05) is 0 Å². The second kappa shape index (κ2) is 52.5. The van der Waals surface area contributed by atoms with Gasteiger partial charge in [0, 0.05) is 40.3 Å². The van der Waals surface area contributed by atoms with Gasteiger partial charge in [-0.1, -0.05) is 220 Å². The van der Waals surface area contributed by atoms with E-state index in [-0.39, 0.29) is 44.5 Å². The average molecular weight is 1310 g/mol. The Morgan fingerprint density at radius 3 is 1.46 bits per heavy atom. The third-order valence-corrected chi connectivity index (χ3v) is 17.8. The second-order valence-electron chi connectivity index (χ2n) is 24.7. The largest absolute Gasteiger partial charge is 0.790 e. The number of hydrogen-bond acceptors (Lipinski definition) is 19. The number of aliphatic hydroxyl groups is 1. The Morgan fingerprint density at radius 2 is 0.933 bits per heavy atom. The standard InChI is InChI=1S/C66H126N2O19P2/c1-7-11-15-19-22-25-26-27-28-29-30-32-34-38-42-46-57(70)67-60-64(82-49-47-54(80-6)45-41-36-18-14-10-4)62(86-88(73,74)75)56(51-79-5)85-65(60)83-52-55-61(72)63(81-48-43-39-35-24-21-17-13-9-3)59(66(84-55)87-89(76,77)78)68-58(71)50-53(69)44-40-37-33-31-23-20-16-12-8-2/h25-26,54-56,59-66,72H,7-24,27-52H2,1-6H3,(H,67,70)(H,68,71)(H2,73,74,75)(H2,76,77,78)/p-4/b26-25-/t54-,55-,56-,59-,60-,61-,62-,63-,64-,65-,66+/m1/s1. The number of unbranched alkanes of at least 4 members (excludes halogenated alkanes) is 30. The van der Waals surface area contributed by atoms with Crippen molar-refractivity contribution >= 4 is 33.2 Å². The van der Waals surface area contributed by atoms with E-state index in [0.29, 0.717) is 25.7 Å². The van der Waals surface area contributed by atoms with E-state index >= 15 is 0 Å². The molecule has 2 aliphatic rings. The van der Waals surface area contributed by atoms with E-state index in [9.17, 15) is 48.2 Å². The highest BCUT2D eigenvalue weighted by atomic mass is 31.2. The third kappa shape index (κ3) is 41.0. The summed E-state index contributed by atoms with van der Waals surface area (Å²) >= 11 is 0. The fourth-order valence-corrected chi connectivity index (χ4v) is 12.7. The molecule has 23 heteroatoms. The van der Waals surface area contributed by atoms with E-state index in [0.717, 1.165) is 161 Å². The molecular weight excluding hydrogens is 1190 g/mol. The number of nitrogens with one attached hydrogen (secondary N) is 2. The number of allylic oxidation sites excluding steroid dienone is 2. The van der Waals surface area contributed by atoms with Crippen molar-refractivity contribution in [3.05, 3.63) is 12.2 Å². The van der Waals surface area contributed by atoms with Crippen LogP contribution in [0.4, 0.5) is 0 Å². The van der Waals surface area contributed by atoms with Crippen molar-refractivity contribution in [3.63, 3.8) is 0 Å². The van der Waals surface area contributed by atoms with Crippen molar-refractivity contribution in [2.45, 2.75) is 352 Å². The molecule has 2 fully saturated rings. The van der Waals surface area contributed by atoms with Gasteiger partial charge < -0.3 is 86.6 Å². The number of methoxy groups -OCH3 is 2. The van der Waals surface area contributed by atoms with Gasteiger partial charge in [0.25, 0.3) is 0 Å². The molecule has 2 heterocycles. The zero-order valence-electron chi connectivity index (χ0n) is 55.8. The average Bonchev–Trinajstić information content (AvgIpc) is 0.966. The normalized spacial score (nSPS) is 22.9. The monoisotopic (exact) mass is 1310 g/mol. The van der Waals surface area contributed by atoms with Crippen LogP contribution in [0.2, 0.25) is 0 Å². The highest BCUT2D eigenvalue weighted by molar-refractivity contribution is 7.43. The molecule has 11 atom stereocenters. The molecule has 3 N–H and O–H groups in total. The molecule has 0 aromatic rings. The first-order chi connectivity index (χ1) is 42.9. The predicted molar refractivity (Wildman–Crippen MR) is 338 cm³/mol. The lowest BCUT2D eigenvalue weighted by molar-refractivity contribution is -0.365. The minimum Gasteiger partial charge on any atom is -0.790 e. The van der Waals surface area contributed by atoms with E-state index in [1.54, 1.807) is 7.11 Å². The summed E-state index contributed by atoms with van der Waals surface area (Å²) in [7, 11) is -8.77. The number of carbonyl (C=O) groups is 3. The molecule has 0 radical (unpaired) electrons. The minimum atomic E-state index is -5.90. The van der Waals surface area contributed by atoms with Crippen LogP contribution in [0, 0.1) is 0 Å². The number of phosphoric ester groups is 2. The van der Waals surface area contributed by atoms with E-state index in [2.05, 4.69) is 50.5 Å². The molecule has 0 bridgehead atoms. The van der Waals surface area contributed by atoms with Gasteiger partial charge >= 0.3 is 0 Å². The van der Waals surface area contributed by atoms with Crippen molar-refractivity contribution in [2.75, 3.05) is 40.6 Å². The zero-order valence-corrected chi connectivity index (χ0v) is 57.6. The maximum absolute atomic E-state index is 14.1. The Labute approximate surface area is 536 Å². The fraction of sp³-hybridized carbons (Fsp3) is 0.924. The molecule has 0 aromatic heterocycles. The number of hydrogen-bond donors (Lipinski definition) is 3. The summed E-state index contributed by atoms with van der Waals surface area (Å²) in [4.78, 5) is 90.9. The van der Waals surface area contributed by atoms with E-state index in [4.69, 9.17) is 42.2 Å². The van der Waals surface area contributed by atoms with Gasteiger partial charge in [-0.2, -0.15) is 0 Å². The van der Waals surface area contributed by atoms with Crippen LogP contribution in [0.3, 0.4) is 0 Å². The predicted octanol–water partition coefficient (Wildman–Crippen LogP) is 11.1. The van der Waals surface area contributed by atoms with Gasteiger partial charge in [-0.3, -0.25) is 14.4 Å². The summed E-state index contributed by atoms with van der Waals surface area (Å²) < 4.78 is 77.9. The second-order valence-corrected chi connectivity index (χ2v) is 27.0. The van der Waals surface area contributed by atoms with Crippen molar-refractivity contribution in [1.29, 1.82) is 0 Å². The van der Waals surface area contributed by atoms with Crippen LogP contribution in [0.5, 0.6) is 0 Å². The van der Waals surface area contributed by atoms with Crippen LogP contribution in [-0.2, 0) is 65.7 Å². The molecule has 0 unspecified atom stereocenters. The number of phosphoric acid groups is 2. The Hall–Kier alpha value is -1.75. The summed E-state index contributed by atoms with van der Waals surface area (Å²) in [6.07, 6.45) is 28.0. The maximum atomic E-state index is 14.1. The van der Waals surface area contributed by atoms with Crippen LogP contribution >= 0.6 is 15.6 Å². The number of ether oxygens (including phenoxy) is 7. The number of aliphatic hydroxyl groups excluding tert-OH is 1. The molecule has 0 saturated carbocycles. The zero-order chi connectivity index (χ0) is 65.4. The Morgan fingerprint density at radius 1 is 0.483 bits per heavy atom. The molecule has 2 rings (SSSR count). The smallest absolute Gasteiger partial charge is 0.227 e. The Kier molecular flexibility index (Phi) is 49.2. The summed E-state index contributed by atoms with van der Waals surface area (Å²) in [5.41, 5.74) is 0. The Balaban J connectivity index is 2.45. The first-order valence-corrected chi connectivity index (χ1v) is 37.9. The lowest BCUT2D eigenvalue weighted by Crippen LogP contribution is -2.68. The minimum absolute atomic E-state index is 0.0372. The van der Waals surface area contributed by atoms with Crippen molar-refractivity contribution < 1.29 is 90.4 Å². The van der Waals surface area contributed by atoms with Crippen LogP contribution in [0.25, 0.3) is 0 Å². The third-order valence-electron chi connectivity index (χ3n) is 16.8. The Bertz CT molecular complexity index is 1900. The molecule has 524 valence electrons. The van der Waals surface area contributed by atoms with Gasteiger partial charge in [0.15, 0.2) is 12.6 Å². The molecule has 2 saturated heterocycles. The van der Waals surface area contributed by atoms with Gasteiger partial charge in [0.05, 0.1) is 41.4 Å². The lowest BCUT2D eigenvalue weighted by Gasteiger charge is -2.49. The number of Topliss-reactive ketones (excluding diaryl/α,β-unsaturated/α-hetero) is 1. The maximum Gasteiger partial charge on any atom is 0.227 e. The lowest BCUT2D eigenvalue weighted by atomic mass is 9.95. The molecule has 0 spiro atoms. The first-order valence-electron chi connectivity index (χ1n) is 34.9. The number of carbonyl (C=O) groups excluding carboxylic acids is 3. The fourth-order valence-electron chi connectivity index (χ4n) is 11.7. The summed E-state index contributed by atoms with van der Waals surface area (Å²) in [6.45, 7) is 7.64. The molecule has 2 amide bonds. The topological polar surface area (TPSA) is 305 Å². The van der Waals surface area contributed by atoms with Gasteiger partial charge in [0.2, 0.25) is 11.8 Å². The van der Waals surface area contributed by atoms with Crippen LogP contribution in [-0.4, -0.2) is 131 Å². The molecule has 0 aliphatic carbocycles. The molecule has 89 heavy (non-hydrogen) atoms. The van der Waals surface area contributed by atoms with Gasteiger partial charge in [-0.25, -0.2) is 0 Å². The SMILES string of the molecule is CCCCCC/C=C\CCCCCCCCCC(=O)N[C@H]1[C@H](OC[C@H]2O[C@@H](OP(=O)([O-])[O-])[C@H](NC(=O)CC(=O)CCCCCCCCCCC)[C@@H](OCCCCCCCCCC)[C@@H]2O)O[C@H](COC)[C@@H](OP(=O)([O-])[O-])[C@@H]1OCC[C@@H](CCCCCCC)OC. The van der Waals surface area contributed by atoms with Gasteiger partial charge in [0.1, 0.15) is 54.5 Å². The molecule has 21 nitrogen and oxygen atoms in total. The molecule has 2 aliphatic heterocycles. The highest BCUT2D eigenvalue weighted by Crippen LogP contribution is 2.38. The van der Waals surface area contributed by atoms with Gasteiger partial charge in [-0.05, 0) is 57.8 Å². The summed E-state index contributed by atoms with van der Waals surface area (Å²) in [6, 6.07) is -3.00. The summed E-state index contributed by atoms with van der Waals surface area (Å²) in [5, 5.41) is 17.7. The van der Waals surface area contributed by atoms with Crippen molar-refractivity contribution in [2.24, 2.45) is 0 Å². The number of amides is 2. The van der Waals surface area contributed by atoms with Crippen LogP contribution < -0.4 is 30.2 Å². The van der Waals surface area contributed by atoms with E-state index < -0.39 is 102 Å². The number of rotatable bonds is 59. The number of ketones is 1. The van der Waals surface area contributed by atoms with Crippen molar-refractivity contribution in [3.8, 4) is 0 Å².